The minimum absolute atomic E-state index is 0.0596. The van der Waals surface area contributed by atoms with Gasteiger partial charge in [0.1, 0.15) is 11.9 Å². The van der Waals surface area contributed by atoms with Gasteiger partial charge in [0.2, 0.25) is 5.89 Å². The Morgan fingerprint density at radius 3 is 2.50 bits per heavy atom. The molecule has 126 valence electrons. The molecule has 8 heteroatoms. The second kappa shape index (κ2) is 6.03. The molecule has 0 radical (unpaired) electrons. The van der Waals surface area contributed by atoms with E-state index in [0.29, 0.717) is 11.6 Å². The fourth-order valence-corrected chi connectivity index (χ4v) is 2.51. The first-order valence-corrected chi connectivity index (χ1v) is 7.61. The third-order valence-corrected chi connectivity index (χ3v) is 3.83. The highest BCUT2D eigenvalue weighted by Crippen LogP contribution is 2.27. The number of rotatable bonds is 4. The van der Waals surface area contributed by atoms with Crippen LogP contribution in [-0.4, -0.2) is 33.0 Å². The van der Waals surface area contributed by atoms with Gasteiger partial charge in [-0.1, -0.05) is 19.0 Å². The van der Waals surface area contributed by atoms with E-state index >= 15 is 0 Å². The summed E-state index contributed by atoms with van der Waals surface area (Å²) in [6, 6.07) is 4.25. The summed E-state index contributed by atoms with van der Waals surface area (Å²) < 4.78 is 18.2. The maximum atomic E-state index is 13.1. The number of anilines is 1. The number of benzene rings is 1. The number of nitrogens with zero attached hydrogens (tertiary/aromatic N) is 4. The number of hydrogen-bond donors (Lipinski definition) is 0. The number of halogens is 1. The van der Waals surface area contributed by atoms with Crippen molar-refractivity contribution in [1.29, 1.82) is 0 Å². The second-order valence-electron chi connectivity index (χ2n) is 5.93. The van der Waals surface area contributed by atoms with E-state index in [-0.39, 0.29) is 24.2 Å². The fourth-order valence-electron chi connectivity index (χ4n) is 2.51. The highest BCUT2D eigenvalue weighted by molar-refractivity contribution is 6.13. The van der Waals surface area contributed by atoms with Crippen molar-refractivity contribution in [2.45, 2.75) is 39.3 Å². The lowest BCUT2D eigenvalue weighted by molar-refractivity contribution is -0.127. The number of urea groups is 1. The quantitative estimate of drug-likeness (QED) is 0.804. The zero-order valence-corrected chi connectivity index (χ0v) is 13.6. The summed E-state index contributed by atoms with van der Waals surface area (Å²) in [7, 11) is 0. The zero-order chi connectivity index (χ0) is 17.4. The molecule has 2 heterocycles. The van der Waals surface area contributed by atoms with Gasteiger partial charge in [-0.15, -0.1) is 0 Å². The van der Waals surface area contributed by atoms with E-state index in [1.165, 1.54) is 29.2 Å². The highest BCUT2D eigenvalue weighted by atomic mass is 19.1. The topological polar surface area (TPSA) is 79.5 Å². The SMILES string of the molecule is CC(C)c1nc(CN2C(=O)C(C)N(c3ccc(F)cc3)C2=O)no1. The first kappa shape index (κ1) is 16.1. The lowest BCUT2D eigenvalue weighted by Crippen LogP contribution is -2.33. The standard InChI is InChI=1S/C16H17FN4O3/c1-9(2)14-18-13(19-24-14)8-20-15(22)10(3)21(16(20)23)12-6-4-11(17)5-7-12/h4-7,9-10H,8H2,1-3H3. The molecule has 1 aromatic heterocycles. The third-order valence-electron chi connectivity index (χ3n) is 3.83. The summed E-state index contributed by atoms with van der Waals surface area (Å²) in [4.78, 5) is 31.6. The van der Waals surface area contributed by atoms with Gasteiger partial charge in [-0.05, 0) is 31.2 Å². The van der Waals surface area contributed by atoms with Crippen molar-refractivity contribution in [2.24, 2.45) is 0 Å². The van der Waals surface area contributed by atoms with Gasteiger partial charge < -0.3 is 4.52 Å². The van der Waals surface area contributed by atoms with Gasteiger partial charge in [0.15, 0.2) is 5.82 Å². The van der Waals surface area contributed by atoms with Crippen LogP contribution in [0.5, 0.6) is 0 Å². The van der Waals surface area contributed by atoms with Crippen molar-refractivity contribution in [1.82, 2.24) is 15.0 Å². The Balaban J connectivity index is 1.83. The van der Waals surface area contributed by atoms with Crippen LogP contribution in [0.15, 0.2) is 28.8 Å². The molecule has 0 saturated carbocycles. The van der Waals surface area contributed by atoms with E-state index in [1.54, 1.807) is 6.92 Å². The van der Waals surface area contributed by atoms with Gasteiger partial charge in [0, 0.05) is 11.6 Å². The van der Waals surface area contributed by atoms with Crippen molar-refractivity contribution in [3.8, 4) is 0 Å². The summed E-state index contributed by atoms with van der Waals surface area (Å²) >= 11 is 0. The molecule has 1 fully saturated rings. The van der Waals surface area contributed by atoms with E-state index in [1.807, 2.05) is 13.8 Å². The number of aromatic nitrogens is 2. The van der Waals surface area contributed by atoms with Crippen LogP contribution in [0.3, 0.4) is 0 Å². The van der Waals surface area contributed by atoms with Crippen LogP contribution in [0.25, 0.3) is 0 Å². The normalized spacial score (nSPS) is 18.1. The Bertz CT molecular complexity index is 772. The van der Waals surface area contributed by atoms with Crippen LogP contribution >= 0.6 is 0 Å². The molecule has 1 aliphatic rings. The third kappa shape index (κ3) is 2.75. The van der Waals surface area contributed by atoms with Crippen molar-refractivity contribution in [3.05, 3.63) is 41.8 Å². The molecular weight excluding hydrogens is 315 g/mol. The summed E-state index contributed by atoms with van der Waals surface area (Å²) in [5, 5.41) is 3.80. The second-order valence-corrected chi connectivity index (χ2v) is 5.93. The predicted molar refractivity (Wildman–Crippen MR) is 82.7 cm³/mol. The van der Waals surface area contributed by atoms with Gasteiger partial charge in [-0.25, -0.2) is 9.18 Å². The lowest BCUT2D eigenvalue weighted by atomic mass is 10.2. The molecular formula is C16H17FN4O3. The van der Waals surface area contributed by atoms with E-state index in [2.05, 4.69) is 10.1 Å². The fraction of sp³-hybridized carbons (Fsp3) is 0.375. The molecule has 2 aromatic rings. The van der Waals surface area contributed by atoms with Gasteiger partial charge >= 0.3 is 6.03 Å². The van der Waals surface area contributed by atoms with Gasteiger partial charge in [-0.3, -0.25) is 14.6 Å². The van der Waals surface area contributed by atoms with Crippen molar-refractivity contribution >= 4 is 17.6 Å². The number of amides is 3. The molecule has 1 aliphatic heterocycles. The van der Waals surface area contributed by atoms with E-state index in [0.717, 1.165) is 4.90 Å². The Labute approximate surface area is 138 Å². The Morgan fingerprint density at radius 1 is 1.25 bits per heavy atom. The van der Waals surface area contributed by atoms with Gasteiger partial charge in [-0.2, -0.15) is 4.98 Å². The molecule has 24 heavy (non-hydrogen) atoms. The Morgan fingerprint density at radius 2 is 1.92 bits per heavy atom. The molecule has 0 N–H and O–H groups in total. The average molecular weight is 332 g/mol. The number of carbonyl (C=O) groups excluding carboxylic acids is 2. The Hall–Kier alpha value is -2.77. The average Bonchev–Trinajstić information content (AvgIpc) is 3.09. The maximum Gasteiger partial charge on any atom is 0.332 e. The minimum Gasteiger partial charge on any atom is -0.339 e. The van der Waals surface area contributed by atoms with Crippen LogP contribution in [0.4, 0.5) is 14.9 Å². The molecule has 1 aromatic carbocycles. The molecule has 0 spiro atoms. The van der Waals surface area contributed by atoms with E-state index in [9.17, 15) is 14.0 Å². The molecule has 3 rings (SSSR count). The summed E-state index contributed by atoms with van der Waals surface area (Å²) in [6.45, 7) is 5.37. The van der Waals surface area contributed by atoms with Crippen LogP contribution in [0.1, 0.15) is 38.4 Å². The molecule has 7 nitrogen and oxygen atoms in total. The van der Waals surface area contributed by atoms with Gasteiger partial charge in [0.05, 0.1) is 6.54 Å². The van der Waals surface area contributed by atoms with Crippen LogP contribution in [0.2, 0.25) is 0 Å². The number of carbonyl (C=O) groups is 2. The van der Waals surface area contributed by atoms with Crippen molar-refractivity contribution in [2.75, 3.05) is 4.90 Å². The molecule has 0 aliphatic carbocycles. The zero-order valence-electron chi connectivity index (χ0n) is 13.6. The predicted octanol–water partition coefficient (Wildman–Crippen LogP) is 2.69. The summed E-state index contributed by atoms with van der Waals surface area (Å²) in [5.74, 6) is 0.0152. The minimum atomic E-state index is -0.681. The largest absolute Gasteiger partial charge is 0.339 e. The first-order chi connectivity index (χ1) is 11.4. The molecule has 1 saturated heterocycles. The Kier molecular flexibility index (Phi) is 4.04. The summed E-state index contributed by atoms with van der Waals surface area (Å²) in [6.07, 6.45) is 0. The van der Waals surface area contributed by atoms with Crippen LogP contribution in [0, 0.1) is 5.82 Å². The van der Waals surface area contributed by atoms with Crippen LogP contribution < -0.4 is 4.90 Å². The molecule has 3 amide bonds. The number of hydrogen-bond acceptors (Lipinski definition) is 5. The van der Waals surface area contributed by atoms with Gasteiger partial charge in [0.25, 0.3) is 5.91 Å². The van der Waals surface area contributed by atoms with Crippen molar-refractivity contribution < 1.29 is 18.5 Å². The highest BCUT2D eigenvalue weighted by Gasteiger charge is 2.43. The number of imide groups is 1. The summed E-state index contributed by atoms with van der Waals surface area (Å²) in [5.41, 5.74) is 0.459. The molecule has 1 unspecified atom stereocenters. The lowest BCUT2D eigenvalue weighted by Gasteiger charge is -2.19. The van der Waals surface area contributed by atoms with E-state index < -0.39 is 17.9 Å². The first-order valence-electron chi connectivity index (χ1n) is 7.61. The maximum absolute atomic E-state index is 13.1. The molecule has 1 atom stereocenters. The van der Waals surface area contributed by atoms with E-state index in [4.69, 9.17) is 4.52 Å². The molecule has 0 bridgehead atoms. The van der Waals surface area contributed by atoms with Crippen molar-refractivity contribution in [3.63, 3.8) is 0 Å². The monoisotopic (exact) mass is 332 g/mol. The van der Waals surface area contributed by atoms with Crippen LogP contribution in [-0.2, 0) is 11.3 Å². The smallest absolute Gasteiger partial charge is 0.332 e.